The van der Waals surface area contributed by atoms with Gasteiger partial charge in [0, 0.05) is 49.1 Å². The molecule has 312 valence electrons. The number of carboxylic acid groups (broad SMARTS) is 1. The largest absolute Gasteiger partial charge is 0.478 e. The second-order valence-corrected chi connectivity index (χ2v) is 17.6. The van der Waals surface area contributed by atoms with Crippen LogP contribution in [0.5, 0.6) is 0 Å². The number of carboxylic acids is 1. The molecule has 2 aromatic heterocycles. The summed E-state index contributed by atoms with van der Waals surface area (Å²) in [5, 5.41) is 17.2. The van der Waals surface area contributed by atoms with Crippen LogP contribution in [0.4, 0.5) is 21.6 Å². The molecule has 0 radical (unpaired) electrons. The number of aromatic carboxylic acids is 1. The third-order valence-corrected chi connectivity index (χ3v) is 12.7. The quantitative estimate of drug-likeness (QED) is 0.130. The first-order valence-electron chi connectivity index (χ1n) is 20.8. The Kier molecular flexibility index (Phi) is 13.2. The number of amides is 1. The molecule has 0 atom stereocenters. The van der Waals surface area contributed by atoms with Crippen LogP contribution < -0.4 is 11.1 Å². The van der Waals surface area contributed by atoms with E-state index in [4.69, 9.17) is 10.7 Å². The van der Waals surface area contributed by atoms with E-state index >= 15 is 0 Å². The van der Waals surface area contributed by atoms with Crippen LogP contribution in [-0.2, 0) is 25.9 Å². The first-order valence-corrected chi connectivity index (χ1v) is 22.6. The zero-order chi connectivity index (χ0) is 42.3. The minimum Gasteiger partial charge on any atom is -0.478 e. The molecule has 0 spiro atoms. The van der Waals surface area contributed by atoms with E-state index in [0.717, 1.165) is 53.3 Å². The number of fused-ring (bicyclic) bond motifs is 2. The van der Waals surface area contributed by atoms with Crippen molar-refractivity contribution in [2.75, 3.05) is 37.2 Å². The maximum atomic E-state index is 12.8. The van der Waals surface area contributed by atoms with Crippen molar-refractivity contribution in [2.24, 2.45) is 9.98 Å². The maximum Gasteiger partial charge on any atom is 0.337 e. The normalized spacial score (nSPS) is 15.5. The SMILES string of the molecule is Cc1cc(CN2CCCC2)ccc1C1=Nc2c(cccc2C(=O)Nc2nccs2)C1.Cc1cc(CN2CCCC2)ccc1C1=Nc2c(cccc2C(=O)O)C1.Nc1nccs1. The molecule has 4 aliphatic rings. The van der Waals surface area contributed by atoms with Gasteiger partial charge in [0.05, 0.1) is 33.9 Å². The lowest BCUT2D eigenvalue weighted by atomic mass is 9.97. The highest BCUT2D eigenvalue weighted by Gasteiger charge is 2.25. The number of nitrogen functional groups attached to an aromatic ring is 1. The number of benzene rings is 4. The fraction of sp³-hybridized carbons (Fsp3) is 0.292. The number of nitrogens with two attached hydrogens (primary N) is 1. The number of hydrogen-bond acceptors (Lipinski definition) is 11. The van der Waals surface area contributed by atoms with Gasteiger partial charge in [-0.25, -0.2) is 14.8 Å². The number of carbonyl (C=O) groups excluding carboxylic acids is 1. The van der Waals surface area contributed by atoms with Gasteiger partial charge >= 0.3 is 5.97 Å². The van der Waals surface area contributed by atoms with Crippen molar-refractivity contribution < 1.29 is 14.7 Å². The lowest BCUT2D eigenvalue weighted by molar-refractivity contribution is 0.0697. The standard InChI is InChI=1S/C24H24N4OS.C21H22N2O2.C3H4N2S/c1-16-13-17(15-28-10-2-3-11-28)7-8-19(16)21-14-18-5-4-6-20(22(18)26-21)23(29)27-24-25-9-12-30-24;1-14-11-15(13-23-9-2-3-10-23)7-8-17(14)19-12-16-5-4-6-18(21(24)25)20(16)22-19;4-3-5-1-2-6-3/h4-9,12-13H,2-3,10-11,14-15H2,1H3,(H,25,27,29);4-8,11H,2-3,9-10,12-13H2,1H3,(H,24,25);1-2H,(H2,4,5). The molecule has 4 aliphatic heterocycles. The second kappa shape index (κ2) is 19.2. The number of rotatable bonds is 9. The van der Waals surface area contributed by atoms with Crippen LogP contribution in [-0.4, -0.2) is 74.4 Å². The first-order chi connectivity index (χ1) is 29.7. The van der Waals surface area contributed by atoms with E-state index in [-0.39, 0.29) is 11.5 Å². The molecule has 1 amide bonds. The zero-order valence-electron chi connectivity index (χ0n) is 34.6. The van der Waals surface area contributed by atoms with Gasteiger partial charge in [-0.15, -0.1) is 22.7 Å². The van der Waals surface area contributed by atoms with E-state index in [0.29, 0.717) is 27.9 Å². The van der Waals surface area contributed by atoms with E-state index in [1.807, 2.05) is 29.0 Å². The van der Waals surface area contributed by atoms with Crippen LogP contribution in [0.15, 0.2) is 106 Å². The fourth-order valence-corrected chi connectivity index (χ4v) is 9.39. The predicted molar refractivity (Wildman–Crippen MR) is 248 cm³/mol. The van der Waals surface area contributed by atoms with Gasteiger partial charge in [-0.1, -0.05) is 60.7 Å². The summed E-state index contributed by atoms with van der Waals surface area (Å²) in [5.74, 6) is -1.08. The number of nitrogens with zero attached hydrogens (tertiary/aromatic N) is 6. The smallest absolute Gasteiger partial charge is 0.337 e. The Labute approximate surface area is 364 Å². The van der Waals surface area contributed by atoms with Crippen LogP contribution in [0, 0.1) is 13.8 Å². The van der Waals surface area contributed by atoms with Gasteiger partial charge in [0.25, 0.3) is 5.91 Å². The average Bonchev–Trinajstić information content (AvgIpc) is 4.11. The highest BCUT2D eigenvalue weighted by molar-refractivity contribution is 7.13. The highest BCUT2D eigenvalue weighted by Crippen LogP contribution is 2.35. The van der Waals surface area contributed by atoms with Gasteiger partial charge in [0.15, 0.2) is 10.3 Å². The van der Waals surface area contributed by atoms with Gasteiger partial charge in [0.1, 0.15) is 0 Å². The second-order valence-electron chi connectivity index (χ2n) is 15.8. The number of carbonyl (C=O) groups is 2. The number of thiazole rings is 2. The third-order valence-electron chi connectivity index (χ3n) is 11.4. The van der Waals surface area contributed by atoms with Crippen LogP contribution in [0.25, 0.3) is 0 Å². The maximum absolute atomic E-state index is 12.8. The van der Waals surface area contributed by atoms with Gasteiger partial charge in [-0.05, 0) is 122 Å². The summed E-state index contributed by atoms with van der Waals surface area (Å²) in [6.07, 6.45) is 10.0. The molecule has 2 saturated heterocycles. The van der Waals surface area contributed by atoms with Crippen molar-refractivity contribution in [1.29, 1.82) is 0 Å². The summed E-state index contributed by atoms with van der Waals surface area (Å²) >= 11 is 2.85. The molecule has 4 aromatic carbocycles. The van der Waals surface area contributed by atoms with Gasteiger partial charge in [-0.3, -0.25) is 29.9 Å². The van der Waals surface area contributed by atoms with Crippen molar-refractivity contribution in [3.8, 4) is 0 Å². The molecule has 0 unspecified atom stereocenters. The van der Waals surface area contributed by atoms with E-state index < -0.39 is 5.97 Å². The molecule has 2 fully saturated rings. The van der Waals surface area contributed by atoms with Crippen molar-refractivity contribution in [2.45, 2.75) is 65.5 Å². The number of nitrogens with one attached hydrogen (secondary N) is 1. The zero-order valence-corrected chi connectivity index (χ0v) is 36.2. The number of aliphatic imine (C=N–C) groups is 2. The average molecular weight is 851 g/mol. The number of anilines is 2. The Balaban J connectivity index is 0.000000150. The molecule has 6 aromatic rings. The molecule has 6 heterocycles. The summed E-state index contributed by atoms with van der Waals surface area (Å²) in [4.78, 5) is 46.6. The summed E-state index contributed by atoms with van der Waals surface area (Å²) < 4.78 is 0. The van der Waals surface area contributed by atoms with Crippen molar-refractivity contribution in [3.63, 3.8) is 0 Å². The molecule has 4 N–H and O–H groups in total. The summed E-state index contributed by atoms with van der Waals surface area (Å²) in [5.41, 5.74) is 19.0. The van der Waals surface area contributed by atoms with Crippen molar-refractivity contribution in [1.82, 2.24) is 19.8 Å². The Morgan fingerprint density at radius 1 is 0.689 bits per heavy atom. The van der Waals surface area contributed by atoms with E-state index in [1.165, 1.54) is 102 Å². The lowest BCUT2D eigenvalue weighted by Crippen LogP contribution is -2.18. The van der Waals surface area contributed by atoms with Gasteiger partial charge in [0.2, 0.25) is 0 Å². The molecular formula is C48H50N8O3S2. The monoisotopic (exact) mass is 850 g/mol. The fourth-order valence-electron chi connectivity index (χ4n) is 8.49. The minimum absolute atomic E-state index is 0.163. The summed E-state index contributed by atoms with van der Waals surface area (Å²) in [7, 11) is 0. The lowest BCUT2D eigenvalue weighted by Gasteiger charge is -2.16. The Morgan fingerprint density at radius 3 is 1.64 bits per heavy atom. The molecule has 61 heavy (non-hydrogen) atoms. The van der Waals surface area contributed by atoms with Crippen LogP contribution in [0.2, 0.25) is 0 Å². The predicted octanol–water partition coefficient (Wildman–Crippen LogP) is 9.67. The molecule has 0 saturated carbocycles. The van der Waals surface area contributed by atoms with Crippen molar-refractivity contribution >= 4 is 67.6 Å². The minimum atomic E-state index is -0.917. The number of aromatic nitrogens is 2. The van der Waals surface area contributed by atoms with E-state index in [2.05, 4.69) is 86.4 Å². The Hall–Kier alpha value is -5.86. The first kappa shape index (κ1) is 41.9. The highest BCUT2D eigenvalue weighted by atomic mass is 32.1. The van der Waals surface area contributed by atoms with E-state index in [1.54, 1.807) is 24.5 Å². The molecule has 10 rings (SSSR count). The summed E-state index contributed by atoms with van der Waals surface area (Å²) in [6, 6.07) is 24.5. The molecule has 0 aliphatic carbocycles. The molecular weight excluding hydrogens is 801 g/mol. The number of likely N-dealkylation sites (tertiary alicyclic amines) is 2. The molecule has 11 nitrogen and oxygen atoms in total. The summed E-state index contributed by atoms with van der Waals surface area (Å²) in [6.45, 7) is 11.1. The number of aryl methyl sites for hydroxylation is 2. The number of hydrogen-bond donors (Lipinski definition) is 3. The van der Waals surface area contributed by atoms with Crippen LogP contribution in [0.3, 0.4) is 0 Å². The van der Waals surface area contributed by atoms with Crippen molar-refractivity contribution in [3.05, 3.63) is 152 Å². The number of para-hydroxylation sites is 2. The van der Waals surface area contributed by atoms with E-state index in [9.17, 15) is 14.7 Å². The van der Waals surface area contributed by atoms with Crippen LogP contribution >= 0.6 is 22.7 Å². The third kappa shape index (κ3) is 10.2. The Bertz CT molecular complexity index is 2570. The topological polar surface area (TPSA) is 149 Å². The molecule has 13 heteroatoms. The molecule has 0 bridgehead atoms. The Morgan fingerprint density at radius 2 is 1.20 bits per heavy atom. The van der Waals surface area contributed by atoms with Gasteiger partial charge < -0.3 is 10.8 Å². The van der Waals surface area contributed by atoms with Gasteiger partial charge in [-0.2, -0.15) is 0 Å². The van der Waals surface area contributed by atoms with Crippen LogP contribution in [0.1, 0.15) is 90.9 Å².